The second-order valence-electron chi connectivity index (χ2n) is 2.87. The van der Waals surface area contributed by atoms with Crippen molar-refractivity contribution in [3.05, 3.63) is 12.2 Å². The zero-order valence-corrected chi connectivity index (χ0v) is 8.87. The first-order valence-electron chi connectivity index (χ1n) is 4.36. The van der Waals surface area contributed by atoms with Crippen LogP contribution in [0.15, 0.2) is 6.33 Å². The molecule has 0 aromatic carbocycles. The molecule has 0 atom stereocenters. The van der Waals surface area contributed by atoms with Crippen molar-refractivity contribution >= 4 is 9.84 Å². The van der Waals surface area contributed by atoms with Crippen molar-refractivity contribution in [1.29, 1.82) is 0 Å². The molecule has 0 spiro atoms. The Kier molecular flexibility index (Phi) is 3.59. The Bertz CT molecular complexity index is 384. The second-order valence-corrected chi connectivity index (χ2v) is 5.06. The second kappa shape index (κ2) is 4.52. The van der Waals surface area contributed by atoms with Crippen molar-refractivity contribution in [2.75, 3.05) is 12.3 Å². The van der Waals surface area contributed by atoms with Crippen LogP contribution in [-0.4, -0.2) is 35.5 Å². The van der Waals surface area contributed by atoms with Gasteiger partial charge in [-0.1, -0.05) is 0 Å². The molecule has 0 saturated heterocycles. The molecule has 0 aliphatic heterocycles. The van der Waals surface area contributed by atoms with Crippen molar-refractivity contribution < 1.29 is 8.42 Å². The predicted molar refractivity (Wildman–Crippen MR) is 52.2 cm³/mol. The van der Waals surface area contributed by atoms with Gasteiger partial charge in [0.15, 0.2) is 9.84 Å². The molecule has 0 saturated carbocycles. The van der Waals surface area contributed by atoms with Crippen LogP contribution in [0.3, 0.4) is 0 Å². The van der Waals surface area contributed by atoms with Crippen molar-refractivity contribution in [1.82, 2.24) is 14.8 Å². The van der Waals surface area contributed by atoms with Gasteiger partial charge in [0.25, 0.3) is 0 Å². The van der Waals surface area contributed by atoms with Gasteiger partial charge in [-0.05, 0) is 6.92 Å². The van der Waals surface area contributed by atoms with Gasteiger partial charge < -0.3 is 5.73 Å². The van der Waals surface area contributed by atoms with Crippen LogP contribution in [0.25, 0.3) is 0 Å². The fraction of sp³-hybridized carbons (Fsp3) is 0.714. The molecule has 0 radical (unpaired) electrons. The molecule has 14 heavy (non-hydrogen) atoms. The van der Waals surface area contributed by atoms with Gasteiger partial charge in [-0.15, -0.1) is 0 Å². The van der Waals surface area contributed by atoms with E-state index in [0.717, 1.165) is 0 Å². The Balaban J connectivity index is 2.78. The first kappa shape index (κ1) is 11.1. The van der Waals surface area contributed by atoms with Gasteiger partial charge >= 0.3 is 0 Å². The topological polar surface area (TPSA) is 90.9 Å². The van der Waals surface area contributed by atoms with Crippen LogP contribution < -0.4 is 5.73 Å². The highest BCUT2D eigenvalue weighted by Crippen LogP contribution is 2.02. The molecular formula is C7H14N4O2S. The van der Waals surface area contributed by atoms with Gasteiger partial charge in [0.2, 0.25) is 0 Å². The Hall–Kier alpha value is -0.950. The summed E-state index contributed by atoms with van der Waals surface area (Å²) in [6.07, 6.45) is 1.36. The molecule has 6 nitrogen and oxygen atoms in total. The zero-order valence-electron chi connectivity index (χ0n) is 8.05. The summed E-state index contributed by atoms with van der Waals surface area (Å²) >= 11 is 0. The van der Waals surface area contributed by atoms with Crippen molar-refractivity contribution in [3.63, 3.8) is 0 Å². The molecule has 1 aromatic rings. The number of hydrogen-bond acceptors (Lipinski definition) is 5. The average molecular weight is 218 g/mol. The van der Waals surface area contributed by atoms with Crippen molar-refractivity contribution in [2.45, 2.75) is 19.2 Å². The standard InChI is InChI=1S/C7H14N4O2S/c1-2-11-7(9-6-10-11)5-14(12,13)4-3-8/h6H,2-5,8H2,1H3. The quantitative estimate of drug-likeness (QED) is 0.696. The Labute approximate surface area is 83.0 Å². The van der Waals surface area contributed by atoms with Gasteiger partial charge in [-0.25, -0.2) is 18.1 Å². The molecule has 80 valence electrons. The van der Waals surface area contributed by atoms with E-state index in [1.54, 1.807) is 4.68 Å². The van der Waals surface area contributed by atoms with E-state index in [1.807, 2.05) is 6.92 Å². The van der Waals surface area contributed by atoms with Gasteiger partial charge in [-0.2, -0.15) is 5.10 Å². The molecule has 0 amide bonds. The number of nitrogens with two attached hydrogens (primary N) is 1. The molecule has 1 rings (SSSR count). The maximum absolute atomic E-state index is 11.4. The van der Waals surface area contributed by atoms with E-state index in [1.165, 1.54) is 6.33 Å². The summed E-state index contributed by atoms with van der Waals surface area (Å²) in [4.78, 5) is 3.89. The van der Waals surface area contributed by atoms with E-state index in [4.69, 9.17) is 5.73 Å². The minimum atomic E-state index is -3.14. The summed E-state index contributed by atoms with van der Waals surface area (Å²) in [5, 5.41) is 3.89. The minimum Gasteiger partial charge on any atom is -0.329 e. The lowest BCUT2D eigenvalue weighted by molar-refractivity contribution is 0.584. The lowest BCUT2D eigenvalue weighted by Gasteiger charge is -2.03. The third-order valence-corrected chi connectivity index (χ3v) is 3.33. The molecule has 1 aromatic heterocycles. The Morgan fingerprint density at radius 2 is 2.29 bits per heavy atom. The maximum atomic E-state index is 11.4. The number of sulfone groups is 1. The largest absolute Gasteiger partial charge is 0.329 e. The van der Waals surface area contributed by atoms with Crippen LogP contribution in [0.5, 0.6) is 0 Å². The zero-order chi connectivity index (χ0) is 10.6. The number of aromatic nitrogens is 3. The summed E-state index contributed by atoms with van der Waals surface area (Å²) in [6.45, 7) is 2.64. The van der Waals surface area contributed by atoms with Crippen LogP contribution >= 0.6 is 0 Å². The lowest BCUT2D eigenvalue weighted by Crippen LogP contribution is -2.19. The number of aryl methyl sites for hydroxylation is 1. The third-order valence-electron chi connectivity index (χ3n) is 1.77. The van der Waals surface area contributed by atoms with Gasteiger partial charge in [0.05, 0.1) is 5.75 Å². The van der Waals surface area contributed by atoms with Gasteiger partial charge in [-0.3, -0.25) is 0 Å². The maximum Gasteiger partial charge on any atom is 0.158 e. The predicted octanol–water partition coefficient (Wildman–Crippen LogP) is -0.828. The van der Waals surface area contributed by atoms with E-state index in [0.29, 0.717) is 12.4 Å². The van der Waals surface area contributed by atoms with E-state index in [-0.39, 0.29) is 18.1 Å². The highest BCUT2D eigenvalue weighted by Gasteiger charge is 2.14. The van der Waals surface area contributed by atoms with Crippen molar-refractivity contribution in [3.8, 4) is 0 Å². The van der Waals surface area contributed by atoms with Crippen LogP contribution in [0.1, 0.15) is 12.7 Å². The van der Waals surface area contributed by atoms with Gasteiger partial charge in [0.1, 0.15) is 17.9 Å². The fourth-order valence-electron chi connectivity index (χ4n) is 1.11. The first-order valence-corrected chi connectivity index (χ1v) is 6.18. The van der Waals surface area contributed by atoms with Gasteiger partial charge in [0, 0.05) is 13.1 Å². The van der Waals surface area contributed by atoms with Crippen LogP contribution in [0.4, 0.5) is 0 Å². The molecule has 2 N–H and O–H groups in total. The molecule has 0 bridgehead atoms. The highest BCUT2D eigenvalue weighted by atomic mass is 32.2. The van der Waals surface area contributed by atoms with E-state index < -0.39 is 9.84 Å². The fourth-order valence-corrected chi connectivity index (χ4v) is 2.23. The van der Waals surface area contributed by atoms with Crippen LogP contribution in [0, 0.1) is 0 Å². The van der Waals surface area contributed by atoms with Crippen molar-refractivity contribution in [2.24, 2.45) is 5.73 Å². The molecule has 0 unspecified atom stereocenters. The number of hydrogen-bond donors (Lipinski definition) is 1. The molecule has 1 heterocycles. The lowest BCUT2D eigenvalue weighted by atomic mass is 10.6. The summed E-state index contributed by atoms with van der Waals surface area (Å²) in [5.41, 5.74) is 5.19. The molecule has 7 heteroatoms. The number of nitrogens with zero attached hydrogens (tertiary/aromatic N) is 3. The molecule has 0 aliphatic carbocycles. The van der Waals surface area contributed by atoms with E-state index in [2.05, 4.69) is 10.1 Å². The first-order chi connectivity index (χ1) is 6.59. The molecular weight excluding hydrogens is 204 g/mol. The summed E-state index contributed by atoms with van der Waals surface area (Å²) in [6, 6.07) is 0. The van der Waals surface area contributed by atoms with Crippen LogP contribution in [0.2, 0.25) is 0 Å². The minimum absolute atomic E-state index is 0.0103. The molecule has 0 aliphatic rings. The van der Waals surface area contributed by atoms with E-state index in [9.17, 15) is 8.42 Å². The summed E-state index contributed by atoms with van der Waals surface area (Å²) in [7, 11) is -3.14. The van der Waals surface area contributed by atoms with E-state index >= 15 is 0 Å². The monoisotopic (exact) mass is 218 g/mol. The van der Waals surface area contributed by atoms with Crippen LogP contribution in [-0.2, 0) is 22.1 Å². The third kappa shape index (κ3) is 2.78. The number of rotatable bonds is 5. The Morgan fingerprint density at radius 1 is 1.57 bits per heavy atom. The summed E-state index contributed by atoms with van der Waals surface area (Å²) in [5.74, 6) is 0.377. The SMILES string of the molecule is CCn1ncnc1CS(=O)(=O)CCN. The molecule has 0 fully saturated rings. The summed E-state index contributed by atoms with van der Waals surface area (Å²) < 4.78 is 24.4. The normalized spacial score (nSPS) is 11.9. The average Bonchev–Trinajstić information content (AvgIpc) is 2.50. The Morgan fingerprint density at radius 3 is 2.86 bits per heavy atom. The smallest absolute Gasteiger partial charge is 0.158 e. The highest BCUT2D eigenvalue weighted by molar-refractivity contribution is 7.90.